The van der Waals surface area contributed by atoms with Gasteiger partial charge >= 0.3 is 0 Å². The predicted octanol–water partition coefficient (Wildman–Crippen LogP) is 3.23. The molecule has 4 nitrogen and oxygen atoms in total. The number of para-hydroxylation sites is 1. The molecule has 1 aromatic carbocycles. The van der Waals surface area contributed by atoms with Gasteiger partial charge in [-0.3, -0.25) is 0 Å². The van der Waals surface area contributed by atoms with Crippen LogP contribution in [0.1, 0.15) is 24.1 Å². The summed E-state index contributed by atoms with van der Waals surface area (Å²) < 4.78 is 0. The Morgan fingerprint density at radius 3 is 2.79 bits per heavy atom. The zero-order valence-electron chi connectivity index (χ0n) is 13.9. The summed E-state index contributed by atoms with van der Waals surface area (Å²) in [4.78, 5) is 9.01. The van der Waals surface area contributed by atoms with Crippen molar-refractivity contribution >= 4 is 11.4 Å². The summed E-state index contributed by atoms with van der Waals surface area (Å²) >= 11 is 0. The van der Waals surface area contributed by atoms with Gasteiger partial charge in [-0.1, -0.05) is 18.2 Å². The number of piperidine rings is 1. The van der Waals surface area contributed by atoms with Crippen LogP contribution in [0.15, 0.2) is 42.6 Å². The summed E-state index contributed by atoms with van der Waals surface area (Å²) in [5.41, 5.74) is 4.57. The van der Waals surface area contributed by atoms with Crippen LogP contribution in [0.5, 0.6) is 0 Å². The molecule has 1 saturated heterocycles. The lowest BCUT2D eigenvalue weighted by Gasteiger charge is -2.35. The number of benzene rings is 1. The number of nitriles is 1. The maximum absolute atomic E-state index is 9.01. The molecular formula is C20H22N4. The van der Waals surface area contributed by atoms with Gasteiger partial charge in [0.2, 0.25) is 0 Å². The summed E-state index contributed by atoms with van der Waals surface area (Å²) in [5, 5.41) is 9.01. The van der Waals surface area contributed by atoms with Crippen LogP contribution in [0.2, 0.25) is 0 Å². The molecule has 2 aliphatic heterocycles. The monoisotopic (exact) mass is 318 g/mol. The van der Waals surface area contributed by atoms with Gasteiger partial charge in [0.15, 0.2) is 0 Å². The van der Waals surface area contributed by atoms with Crippen LogP contribution in [-0.4, -0.2) is 31.2 Å². The summed E-state index contributed by atoms with van der Waals surface area (Å²) in [6.45, 7) is 4.46. The number of hydrogen-bond donors (Lipinski definition) is 0. The zero-order valence-corrected chi connectivity index (χ0v) is 13.9. The van der Waals surface area contributed by atoms with Crippen LogP contribution in [0.25, 0.3) is 0 Å². The van der Waals surface area contributed by atoms with Crippen molar-refractivity contribution in [3.63, 3.8) is 0 Å². The summed E-state index contributed by atoms with van der Waals surface area (Å²) in [7, 11) is 0. The second kappa shape index (κ2) is 6.52. The van der Waals surface area contributed by atoms with Gasteiger partial charge in [-0.25, -0.2) is 4.98 Å². The van der Waals surface area contributed by atoms with Crippen LogP contribution in [0.4, 0.5) is 11.4 Å². The largest absolute Gasteiger partial charge is 0.371 e. The number of pyridine rings is 1. The van der Waals surface area contributed by atoms with Crippen molar-refractivity contribution < 1.29 is 0 Å². The van der Waals surface area contributed by atoms with Crippen LogP contribution >= 0.6 is 0 Å². The standard InChI is InChI=1S/C20H22N4/c21-14-18-13-19(5-9-22-18)23-10-6-16(7-11-23)15-24-12-8-17-3-1-2-4-20(17)24/h1-5,9,13,16H,6-8,10-12,15H2. The van der Waals surface area contributed by atoms with Crippen LogP contribution in [0.3, 0.4) is 0 Å². The van der Waals surface area contributed by atoms with Gasteiger partial charge in [0.25, 0.3) is 0 Å². The molecule has 0 amide bonds. The third kappa shape index (κ3) is 2.94. The Bertz CT molecular complexity index is 756. The van der Waals surface area contributed by atoms with Crippen LogP contribution < -0.4 is 9.80 Å². The number of rotatable bonds is 3. The number of nitrogens with zero attached hydrogens (tertiary/aromatic N) is 4. The van der Waals surface area contributed by atoms with E-state index in [1.165, 1.54) is 37.1 Å². The van der Waals surface area contributed by atoms with E-state index in [9.17, 15) is 0 Å². The van der Waals surface area contributed by atoms with Gasteiger partial charge in [-0.05, 0) is 48.9 Å². The fraction of sp³-hybridized carbons (Fsp3) is 0.400. The molecule has 0 saturated carbocycles. The van der Waals surface area contributed by atoms with Crippen molar-refractivity contribution in [2.45, 2.75) is 19.3 Å². The molecule has 3 heterocycles. The highest BCUT2D eigenvalue weighted by Crippen LogP contribution is 2.30. The molecule has 0 radical (unpaired) electrons. The highest BCUT2D eigenvalue weighted by atomic mass is 15.2. The average molecular weight is 318 g/mol. The minimum absolute atomic E-state index is 0.503. The van der Waals surface area contributed by atoms with Gasteiger partial charge < -0.3 is 9.80 Å². The highest BCUT2D eigenvalue weighted by Gasteiger charge is 2.25. The normalized spacial score (nSPS) is 17.6. The molecule has 2 aromatic rings. The zero-order chi connectivity index (χ0) is 16.4. The summed E-state index contributed by atoms with van der Waals surface area (Å²) in [6.07, 6.45) is 5.34. The molecule has 122 valence electrons. The SMILES string of the molecule is N#Cc1cc(N2CCC(CN3CCc4ccccc43)CC2)ccn1. The number of hydrogen-bond acceptors (Lipinski definition) is 4. The van der Waals surface area contributed by atoms with Crippen molar-refractivity contribution in [1.29, 1.82) is 5.26 Å². The van der Waals surface area contributed by atoms with Gasteiger partial charge in [-0.15, -0.1) is 0 Å². The van der Waals surface area contributed by atoms with Crippen LogP contribution in [-0.2, 0) is 6.42 Å². The highest BCUT2D eigenvalue weighted by molar-refractivity contribution is 5.57. The lowest BCUT2D eigenvalue weighted by molar-refractivity contribution is 0.405. The van der Waals surface area contributed by atoms with Crippen molar-refractivity contribution in [1.82, 2.24) is 4.98 Å². The first-order valence-electron chi connectivity index (χ1n) is 8.77. The third-order valence-electron chi connectivity index (χ3n) is 5.30. The first kappa shape index (κ1) is 15.0. The molecule has 24 heavy (non-hydrogen) atoms. The molecule has 1 fully saturated rings. The van der Waals surface area contributed by atoms with Crippen LogP contribution in [0, 0.1) is 17.2 Å². The molecule has 0 aliphatic carbocycles. The fourth-order valence-electron chi connectivity index (χ4n) is 3.96. The Labute approximate surface area is 143 Å². The second-order valence-corrected chi connectivity index (χ2v) is 6.77. The third-order valence-corrected chi connectivity index (χ3v) is 5.30. The van der Waals surface area contributed by atoms with Crippen molar-refractivity contribution in [2.75, 3.05) is 36.0 Å². The Kier molecular flexibility index (Phi) is 4.08. The van der Waals surface area contributed by atoms with Crippen molar-refractivity contribution in [3.8, 4) is 6.07 Å². The lowest BCUT2D eigenvalue weighted by atomic mass is 9.95. The molecule has 0 N–H and O–H groups in total. The molecule has 1 aromatic heterocycles. The van der Waals surface area contributed by atoms with Crippen molar-refractivity contribution in [2.24, 2.45) is 5.92 Å². The molecule has 0 spiro atoms. The van der Waals surface area contributed by atoms with E-state index in [1.807, 2.05) is 12.1 Å². The summed E-state index contributed by atoms with van der Waals surface area (Å²) in [6, 6.07) is 14.9. The Morgan fingerprint density at radius 2 is 1.96 bits per heavy atom. The molecule has 0 atom stereocenters. The quantitative estimate of drug-likeness (QED) is 0.871. The molecular weight excluding hydrogens is 296 g/mol. The van der Waals surface area contributed by atoms with Gasteiger partial charge in [0.1, 0.15) is 11.8 Å². The number of fused-ring (bicyclic) bond motifs is 1. The van der Waals surface area contributed by atoms with E-state index in [0.29, 0.717) is 5.69 Å². The van der Waals surface area contributed by atoms with Crippen molar-refractivity contribution in [3.05, 3.63) is 53.9 Å². The minimum Gasteiger partial charge on any atom is -0.371 e. The minimum atomic E-state index is 0.503. The van der Waals surface area contributed by atoms with E-state index in [2.05, 4.69) is 45.1 Å². The van der Waals surface area contributed by atoms with E-state index in [1.54, 1.807) is 6.20 Å². The Balaban J connectivity index is 1.36. The Morgan fingerprint density at radius 1 is 1.12 bits per heavy atom. The smallest absolute Gasteiger partial charge is 0.142 e. The van der Waals surface area contributed by atoms with Gasteiger partial charge in [0, 0.05) is 43.8 Å². The molecule has 0 unspecified atom stereocenters. The lowest BCUT2D eigenvalue weighted by Crippen LogP contribution is -2.38. The predicted molar refractivity (Wildman–Crippen MR) is 96.2 cm³/mol. The maximum Gasteiger partial charge on any atom is 0.142 e. The first-order valence-corrected chi connectivity index (χ1v) is 8.77. The number of aromatic nitrogens is 1. The molecule has 2 aliphatic rings. The first-order chi connectivity index (χ1) is 11.8. The van der Waals surface area contributed by atoms with E-state index in [-0.39, 0.29) is 0 Å². The molecule has 4 heteroatoms. The Hall–Kier alpha value is -2.54. The number of anilines is 2. The van der Waals surface area contributed by atoms with E-state index >= 15 is 0 Å². The van der Waals surface area contributed by atoms with E-state index < -0.39 is 0 Å². The van der Waals surface area contributed by atoms with E-state index in [0.717, 1.165) is 31.2 Å². The topological polar surface area (TPSA) is 43.2 Å². The van der Waals surface area contributed by atoms with Gasteiger partial charge in [0.05, 0.1) is 0 Å². The maximum atomic E-state index is 9.01. The average Bonchev–Trinajstić information content (AvgIpc) is 3.05. The second-order valence-electron chi connectivity index (χ2n) is 6.77. The van der Waals surface area contributed by atoms with Gasteiger partial charge in [-0.2, -0.15) is 5.26 Å². The molecule has 4 rings (SSSR count). The summed E-state index contributed by atoms with van der Waals surface area (Å²) in [5.74, 6) is 0.754. The fourth-order valence-corrected chi connectivity index (χ4v) is 3.96. The van der Waals surface area contributed by atoms with E-state index in [4.69, 9.17) is 5.26 Å². The molecule has 0 bridgehead atoms.